The number of benzene rings is 1. The lowest BCUT2D eigenvalue weighted by Crippen LogP contribution is -2.22. The first-order valence-corrected chi connectivity index (χ1v) is 8.67. The molecule has 0 spiro atoms. The summed E-state index contributed by atoms with van der Waals surface area (Å²) in [6, 6.07) is 10.1. The minimum Gasteiger partial charge on any atom is -0.477 e. The summed E-state index contributed by atoms with van der Waals surface area (Å²) in [6.45, 7) is 4.24. The number of carboxylic acid groups (broad SMARTS) is 1. The van der Waals surface area contributed by atoms with Gasteiger partial charge in [-0.1, -0.05) is 26.0 Å². The van der Waals surface area contributed by atoms with Gasteiger partial charge in [0.05, 0.1) is 4.88 Å². The fourth-order valence-corrected chi connectivity index (χ4v) is 2.95. The van der Waals surface area contributed by atoms with E-state index in [2.05, 4.69) is 10.6 Å². The van der Waals surface area contributed by atoms with E-state index in [1.165, 1.54) is 12.1 Å². The highest BCUT2D eigenvalue weighted by Gasteiger charge is 2.12. The van der Waals surface area contributed by atoms with Crippen LogP contribution >= 0.6 is 11.3 Å². The van der Waals surface area contributed by atoms with Crippen molar-refractivity contribution in [3.05, 3.63) is 51.7 Å². The van der Waals surface area contributed by atoms with E-state index in [0.717, 1.165) is 16.9 Å². The molecule has 0 unspecified atom stereocenters. The van der Waals surface area contributed by atoms with Gasteiger partial charge in [0, 0.05) is 18.7 Å². The summed E-state index contributed by atoms with van der Waals surface area (Å²) in [5.74, 6) is -1.14. The molecule has 132 valence electrons. The van der Waals surface area contributed by atoms with Crippen LogP contribution in [0, 0.1) is 5.92 Å². The van der Waals surface area contributed by atoms with Crippen LogP contribution in [0.2, 0.25) is 0 Å². The van der Waals surface area contributed by atoms with Crippen molar-refractivity contribution in [3.8, 4) is 0 Å². The highest BCUT2D eigenvalue weighted by molar-refractivity contribution is 7.15. The smallest absolute Gasteiger partial charge is 0.345 e. The third-order valence-corrected chi connectivity index (χ3v) is 4.37. The van der Waals surface area contributed by atoms with E-state index in [-0.39, 0.29) is 29.2 Å². The van der Waals surface area contributed by atoms with Crippen molar-refractivity contribution in [3.63, 3.8) is 0 Å². The summed E-state index contributed by atoms with van der Waals surface area (Å²) >= 11 is 0.933. The van der Waals surface area contributed by atoms with E-state index >= 15 is 0 Å². The summed E-state index contributed by atoms with van der Waals surface area (Å²) in [6.07, 6.45) is 0.450. The Morgan fingerprint density at radius 1 is 1.12 bits per heavy atom. The standard InChI is InChI=1S/C18H20N2O4S/c1-11(2)8-16(21)20-13-5-3-4-12(9-13)10-19-17(22)14-6-7-15(25-14)18(23)24/h3-7,9,11H,8,10H2,1-2H3,(H,19,22)(H,20,21)(H,23,24). The molecule has 3 N–H and O–H groups in total. The first-order valence-electron chi connectivity index (χ1n) is 7.85. The molecule has 0 bridgehead atoms. The maximum atomic E-state index is 12.1. The van der Waals surface area contributed by atoms with Crippen LogP contribution < -0.4 is 10.6 Å². The van der Waals surface area contributed by atoms with Gasteiger partial charge in [0.2, 0.25) is 5.91 Å². The number of carbonyl (C=O) groups excluding carboxylic acids is 2. The molecule has 25 heavy (non-hydrogen) atoms. The van der Waals surface area contributed by atoms with Crippen molar-refractivity contribution in [1.82, 2.24) is 5.32 Å². The molecule has 0 atom stereocenters. The van der Waals surface area contributed by atoms with E-state index < -0.39 is 5.97 Å². The fraction of sp³-hybridized carbons (Fsp3) is 0.278. The number of aromatic carboxylic acids is 1. The molecule has 0 aliphatic rings. The lowest BCUT2D eigenvalue weighted by atomic mass is 10.1. The van der Waals surface area contributed by atoms with Crippen molar-refractivity contribution >= 4 is 34.8 Å². The van der Waals surface area contributed by atoms with Gasteiger partial charge in [-0.15, -0.1) is 11.3 Å². The van der Waals surface area contributed by atoms with Gasteiger partial charge in [0.25, 0.3) is 5.91 Å². The molecule has 1 aromatic heterocycles. The number of carbonyl (C=O) groups is 3. The monoisotopic (exact) mass is 360 g/mol. The third-order valence-electron chi connectivity index (χ3n) is 3.30. The second kappa shape index (κ2) is 8.43. The van der Waals surface area contributed by atoms with Crippen molar-refractivity contribution in [2.24, 2.45) is 5.92 Å². The van der Waals surface area contributed by atoms with Crippen molar-refractivity contribution < 1.29 is 19.5 Å². The Morgan fingerprint density at radius 2 is 1.84 bits per heavy atom. The molecule has 2 rings (SSSR count). The summed E-state index contributed by atoms with van der Waals surface area (Å²) < 4.78 is 0. The Balaban J connectivity index is 1.94. The van der Waals surface area contributed by atoms with Crippen LogP contribution in [-0.4, -0.2) is 22.9 Å². The molecule has 0 aliphatic heterocycles. The molecule has 6 nitrogen and oxygen atoms in total. The Labute approximate surface area is 149 Å². The van der Waals surface area contributed by atoms with Gasteiger partial charge < -0.3 is 15.7 Å². The zero-order valence-corrected chi connectivity index (χ0v) is 14.9. The first kappa shape index (κ1) is 18.7. The molecule has 1 heterocycles. The van der Waals surface area contributed by atoms with Crippen LogP contribution in [0.15, 0.2) is 36.4 Å². The number of carboxylic acids is 1. The molecular weight excluding hydrogens is 340 g/mol. The molecule has 1 aromatic carbocycles. The molecule has 2 aromatic rings. The van der Waals surface area contributed by atoms with Crippen LogP contribution in [0.1, 0.15) is 45.2 Å². The maximum Gasteiger partial charge on any atom is 0.345 e. The number of amides is 2. The van der Waals surface area contributed by atoms with Gasteiger partial charge in [-0.05, 0) is 35.7 Å². The average Bonchev–Trinajstić information content (AvgIpc) is 3.02. The SMILES string of the molecule is CC(C)CC(=O)Nc1cccc(CNC(=O)c2ccc(C(=O)O)s2)c1. The number of nitrogens with one attached hydrogen (secondary N) is 2. The summed E-state index contributed by atoms with van der Waals surface area (Å²) in [4.78, 5) is 35.2. The van der Waals surface area contributed by atoms with Crippen LogP contribution in [-0.2, 0) is 11.3 Å². The topological polar surface area (TPSA) is 95.5 Å². The molecule has 0 fully saturated rings. The van der Waals surface area contributed by atoms with Crippen LogP contribution in [0.4, 0.5) is 5.69 Å². The number of hydrogen-bond acceptors (Lipinski definition) is 4. The number of thiophene rings is 1. The zero-order valence-electron chi connectivity index (χ0n) is 14.0. The van der Waals surface area contributed by atoms with Gasteiger partial charge in [-0.25, -0.2) is 4.79 Å². The van der Waals surface area contributed by atoms with Crippen molar-refractivity contribution in [2.45, 2.75) is 26.8 Å². The lowest BCUT2D eigenvalue weighted by Gasteiger charge is -2.09. The highest BCUT2D eigenvalue weighted by Crippen LogP contribution is 2.17. The van der Waals surface area contributed by atoms with E-state index in [9.17, 15) is 14.4 Å². The van der Waals surface area contributed by atoms with Crippen LogP contribution in [0.5, 0.6) is 0 Å². The predicted molar refractivity (Wildman–Crippen MR) is 97.0 cm³/mol. The number of anilines is 1. The number of rotatable bonds is 7. The quantitative estimate of drug-likeness (QED) is 0.705. The molecular formula is C18H20N2O4S. The van der Waals surface area contributed by atoms with Crippen molar-refractivity contribution in [1.29, 1.82) is 0 Å². The highest BCUT2D eigenvalue weighted by atomic mass is 32.1. The minimum atomic E-state index is -1.05. The predicted octanol–water partition coefficient (Wildman–Crippen LogP) is 3.36. The molecule has 0 saturated carbocycles. The van der Waals surface area contributed by atoms with Gasteiger partial charge in [-0.3, -0.25) is 9.59 Å². The Bertz CT molecular complexity index is 783. The fourth-order valence-electron chi connectivity index (χ4n) is 2.19. The Kier molecular flexibility index (Phi) is 6.30. The van der Waals surface area contributed by atoms with Gasteiger partial charge in [-0.2, -0.15) is 0 Å². The molecule has 0 aliphatic carbocycles. The van der Waals surface area contributed by atoms with Gasteiger partial charge >= 0.3 is 5.97 Å². The second-order valence-electron chi connectivity index (χ2n) is 6.00. The molecule has 2 amide bonds. The van der Waals surface area contributed by atoms with Crippen molar-refractivity contribution in [2.75, 3.05) is 5.32 Å². The zero-order chi connectivity index (χ0) is 18.4. The average molecular weight is 360 g/mol. The normalized spacial score (nSPS) is 10.5. The summed E-state index contributed by atoms with van der Waals surface area (Å²) in [5.41, 5.74) is 1.52. The number of hydrogen-bond donors (Lipinski definition) is 3. The largest absolute Gasteiger partial charge is 0.477 e. The Hall–Kier alpha value is -2.67. The minimum absolute atomic E-state index is 0.0454. The molecule has 0 saturated heterocycles. The lowest BCUT2D eigenvalue weighted by molar-refractivity contribution is -0.116. The second-order valence-corrected chi connectivity index (χ2v) is 7.08. The first-order chi connectivity index (χ1) is 11.8. The Morgan fingerprint density at radius 3 is 2.48 bits per heavy atom. The van der Waals surface area contributed by atoms with Crippen LogP contribution in [0.25, 0.3) is 0 Å². The third kappa shape index (κ3) is 5.72. The van der Waals surface area contributed by atoms with Crippen LogP contribution in [0.3, 0.4) is 0 Å². The van der Waals surface area contributed by atoms with E-state index in [1.54, 1.807) is 18.2 Å². The summed E-state index contributed by atoms with van der Waals surface area (Å²) in [7, 11) is 0. The van der Waals surface area contributed by atoms with Gasteiger partial charge in [0.15, 0.2) is 0 Å². The van der Waals surface area contributed by atoms with Gasteiger partial charge in [0.1, 0.15) is 4.88 Å². The van der Waals surface area contributed by atoms with E-state index in [1.807, 2.05) is 19.9 Å². The summed E-state index contributed by atoms with van der Waals surface area (Å²) in [5, 5.41) is 14.5. The van der Waals surface area contributed by atoms with E-state index in [4.69, 9.17) is 5.11 Å². The molecule has 0 radical (unpaired) electrons. The maximum absolute atomic E-state index is 12.1. The van der Waals surface area contributed by atoms with E-state index in [0.29, 0.717) is 17.0 Å². The molecule has 7 heteroatoms.